The molecule has 6 heteroatoms. The summed E-state index contributed by atoms with van der Waals surface area (Å²) in [5, 5.41) is 5.62. The minimum Gasteiger partial charge on any atom is -0.383 e. The van der Waals surface area contributed by atoms with Gasteiger partial charge in [0.2, 0.25) is 0 Å². The molecule has 1 heterocycles. The molecule has 1 unspecified atom stereocenters. The third kappa shape index (κ3) is 6.24. The van der Waals surface area contributed by atoms with Gasteiger partial charge in [0.25, 0.3) is 0 Å². The van der Waals surface area contributed by atoms with Crippen molar-refractivity contribution in [3.05, 3.63) is 18.7 Å². The van der Waals surface area contributed by atoms with Gasteiger partial charge >= 0.3 is 6.03 Å². The fourth-order valence-electron chi connectivity index (χ4n) is 1.61. The molecule has 2 N–H and O–H groups in total. The molecule has 1 atom stereocenters. The van der Waals surface area contributed by atoms with E-state index in [-0.39, 0.29) is 12.1 Å². The second kappa shape index (κ2) is 8.52. The van der Waals surface area contributed by atoms with Gasteiger partial charge in [-0.3, -0.25) is 0 Å². The molecule has 0 saturated heterocycles. The van der Waals surface area contributed by atoms with Crippen molar-refractivity contribution in [1.29, 1.82) is 0 Å². The number of unbranched alkanes of at least 4 members (excludes halogenated alkanes) is 1. The molecule has 0 aromatic carbocycles. The van der Waals surface area contributed by atoms with Crippen LogP contribution >= 0.6 is 0 Å². The van der Waals surface area contributed by atoms with Gasteiger partial charge in [-0.05, 0) is 19.8 Å². The van der Waals surface area contributed by atoms with Crippen LogP contribution in [0.1, 0.15) is 19.8 Å². The van der Waals surface area contributed by atoms with Crippen LogP contribution in [0.15, 0.2) is 18.7 Å². The molecule has 6 nitrogen and oxygen atoms in total. The maximum absolute atomic E-state index is 11.4. The molecule has 0 bridgehead atoms. The molecule has 0 fully saturated rings. The molecule has 1 rings (SSSR count). The van der Waals surface area contributed by atoms with Gasteiger partial charge in [0.05, 0.1) is 19.0 Å². The van der Waals surface area contributed by atoms with E-state index in [1.54, 1.807) is 19.6 Å². The van der Waals surface area contributed by atoms with E-state index in [0.29, 0.717) is 13.2 Å². The number of aryl methyl sites for hydroxylation is 1. The number of hydrogen-bond acceptors (Lipinski definition) is 3. The van der Waals surface area contributed by atoms with Crippen LogP contribution in [0, 0.1) is 0 Å². The Labute approximate surface area is 108 Å². The lowest BCUT2D eigenvalue weighted by molar-refractivity contribution is 0.171. The normalized spacial score (nSPS) is 12.1. The maximum Gasteiger partial charge on any atom is 0.315 e. The van der Waals surface area contributed by atoms with Gasteiger partial charge in [0.1, 0.15) is 0 Å². The van der Waals surface area contributed by atoms with Crippen LogP contribution in [0.4, 0.5) is 4.79 Å². The Morgan fingerprint density at radius 1 is 1.50 bits per heavy atom. The summed E-state index contributed by atoms with van der Waals surface area (Å²) in [6.07, 6.45) is 7.47. The lowest BCUT2D eigenvalue weighted by atomic mass is 10.3. The number of carbonyl (C=O) groups excluding carboxylic acids is 1. The summed E-state index contributed by atoms with van der Waals surface area (Å²) in [4.78, 5) is 15.4. The van der Waals surface area contributed by atoms with E-state index in [4.69, 9.17) is 4.74 Å². The number of methoxy groups -OCH3 is 1. The van der Waals surface area contributed by atoms with Crippen molar-refractivity contribution in [2.45, 2.75) is 32.4 Å². The monoisotopic (exact) mass is 254 g/mol. The standard InChI is InChI=1S/C12H22N4O2/c1-11(9-18-2)15-12(17)14-5-3-4-7-16-8-6-13-10-16/h6,8,10-11H,3-5,7,9H2,1-2H3,(H2,14,15,17). The quantitative estimate of drug-likeness (QED) is 0.680. The fraction of sp³-hybridized carbons (Fsp3) is 0.667. The molecular weight excluding hydrogens is 232 g/mol. The number of amides is 2. The van der Waals surface area contributed by atoms with Crippen LogP contribution in [0.5, 0.6) is 0 Å². The van der Waals surface area contributed by atoms with E-state index in [0.717, 1.165) is 19.4 Å². The van der Waals surface area contributed by atoms with Gasteiger partial charge in [-0.1, -0.05) is 0 Å². The zero-order valence-corrected chi connectivity index (χ0v) is 11.1. The zero-order chi connectivity index (χ0) is 13.2. The van der Waals surface area contributed by atoms with E-state index in [9.17, 15) is 4.79 Å². The number of urea groups is 1. The Bertz CT molecular complexity index is 327. The highest BCUT2D eigenvalue weighted by atomic mass is 16.5. The van der Waals surface area contributed by atoms with Crippen LogP contribution in [0.2, 0.25) is 0 Å². The number of carbonyl (C=O) groups is 1. The maximum atomic E-state index is 11.4. The molecule has 102 valence electrons. The molecule has 2 amide bonds. The minimum atomic E-state index is -0.137. The topological polar surface area (TPSA) is 68.2 Å². The first-order valence-corrected chi connectivity index (χ1v) is 6.21. The van der Waals surface area contributed by atoms with Crippen LogP contribution in [0.3, 0.4) is 0 Å². The summed E-state index contributed by atoms with van der Waals surface area (Å²) in [6.45, 7) is 4.04. The van der Waals surface area contributed by atoms with Crippen molar-refractivity contribution in [1.82, 2.24) is 20.2 Å². The molecule has 0 spiro atoms. The largest absolute Gasteiger partial charge is 0.383 e. The second-order valence-electron chi connectivity index (χ2n) is 4.26. The Balaban J connectivity index is 1.98. The van der Waals surface area contributed by atoms with Crippen molar-refractivity contribution in [3.63, 3.8) is 0 Å². The van der Waals surface area contributed by atoms with E-state index < -0.39 is 0 Å². The van der Waals surface area contributed by atoms with Crippen LogP contribution in [-0.2, 0) is 11.3 Å². The van der Waals surface area contributed by atoms with Gasteiger partial charge in [0.15, 0.2) is 0 Å². The molecule has 1 aromatic rings. The highest BCUT2D eigenvalue weighted by Crippen LogP contribution is 1.94. The number of rotatable bonds is 8. The zero-order valence-electron chi connectivity index (χ0n) is 11.1. The molecule has 0 radical (unpaired) electrons. The first kappa shape index (κ1) is 14.5. The number of aromatic nitrogens is 2. The molecule has 0 aliphatic rings. The van der Waals surface area contributed by atoms with Crippen molar-refractivity contribution in [3.8, 4) is 0 Å². The van der Waals surface area contributed by atoms with E-state index in [1.165, 1.54) is 0 Å². The van der Waals surface area contributed by atoms with Gasteiger partial charge in [-0.25, -0.2) is 9.78 Å². The molecule has 1 aromatic heterocycles. The van der Waals surface area contributed by atoms with Crippen molar-refractivity contribution in [2.75, 3.05) is 20.3 Å². The predicted octanol–water partition coefficient (Wildman–Crippen LogP) is 0.997. The second-order valence-corrected chi connectivity index (χ2v) is 4.26. The Morgan fingerprint density at radius 3 is 3.00 bits per heavy atom. The average molecular weight is 254 g/mol. The number of nitrogens with zero attached hydrogens (tertiary/aromatic N) is 2. The van der Waals surface area contributed by atoms with Gasteiger partial charge in [-0.2, -0.15) is 0 Å². The van der Waals surface area contributed by atoms with Crippen molar-refractivity contribution >= 4 is 6.03 Å². The van der Waals surface area contributed by atoms with E-state index in [1.807, 2.05) is 17.7 Å². The predicted molar refractivity (Wildman–Crippen MR) is 69.3 cm³/mol. The number of hydrogen-bond donors (Lipinski definition) is 2. The lowest BCUT2D eigenvalue weighted by Gasteiger charge is -2.13. The number of nitrogens with one attached hydrogen (secondary N) is 2. The molecule has 0 aliphatic carbocycles. The fourth-order valence-corrected chi connectivity index (χ4v) is 1.61. The third-order valence-electron chi connectivity index (χ3n) is 2.48. The Hall–Kier alpha value is -1.56. The highest BCUT2D eigenvalue weighted by molar-refractivity contribution is 5.74. The molecule has 18 heavy (non-hydrogen) atoms. The lowest BCUT2D eigenvalue weighted by Crippen LogP contribution is -2.42. The van der Waals surface area contributed by atoms with E-state index >= 15 is 0 Å². The summed E-state index contributed by atoms with van der Waals surface area (Å²) in [5.41, 5.74) is 0. The summed E-state index contributed by atoms with van der Waals surface area (Å²) >= 11 is 0. The van der Waals surface area contributed by atoms with Gasteiger partial charge < -0.3 is 19.9 Å². The van der Waals surface area contributed by atoms with Crippen LogP contribution in [-0.4, -0.2) is 41.9 Å². The molecule has 0 saturated carbocycles. The van der Waals surface area contributed by atoms with Gasteiger partial charge in [-0.15, -0.1) is 0 Å². The van der Waals surface area contributed by atoms with Crippen molar-refractivity contribution < 1.29 is 9.53 Å². The summed E-state index contributed by atoms with van der Waals surface area (Å²) in [5.74, 6) is 0. The van der Waals surface area contributed by atoms with E-state index in [2.05, 4.69) is 15.6 Å². The van der Waals surface area contributed by atoms with Crippen LogP contribution < -0.4 is 10.6 Å². The first-order valence-electron chi connectivity index (χ1n) is 6.21. The first-order chi connectivity index (χ1) is 8.72. The molecular formula is C12H22N4O2. The average Bonchev–Trinajstić information content (AvgIpc) is 2.81. The molecule has 0 aliphatic heterocycles. The SMILES string of the molecule is COCC(C)NC(=O)NCCCCn1ccnc1. The minimum absolute atomic E-state index is 0.0287. The number of ether oxygens (including phenoxy) is 1. The summed E-state index contributed by atoms with van der Waals surface area (Å²) in [6, 6.07) is -0.108. The summed E-state index contributed by atoms with van der Waals surface area (Å²) < 4.78 is 6.97. The Kier molecular flexibility index (Phi) is 6.86. The highest BCUT2D eigenvalue weighted by Gasteiger charge is 2.05. The smallest absolute Gasteiger partial charge is 0.315 e. The number of imidazole rings is 1. The third-order valence-corrected chi connectivity index (χ3v) is 2.48. The van der Waals surface area contributed by atoms with Crippen molar-refractivity contribution in [2.24, 2.45) is 0 Å². The van der Waals surface area contributed by atoms with Gasteiger partial charge in [0, 0.05) is 32.6 Å². The Morgan fingerprint density at radius 2 is 2.33 bits per heavy atom. The van der Waals surface area contributed by atoms with Crippen LogP contribution in [0.25, 0.3) is 0 Å². The summed E-state index contributed by atoms with van der Waals surface area (Å²) in [7, 11) is 1.62.